The van der Waals surface area contributed by atoms with Gasteiger partial charge < -0.3 is 15.5 Å². The number of rotatable bonds is 2. The number of amides is 1. The Bertz CT molecular complexity index is 386. The second-order valence-corrected chi connectivity index (χ2v) is 4.30. The van der Waals surface area contributed by atoms with Gasteiger partial charge in [0.05, 0.1) is 0 Å². The summed E-state index contributed by atoms with van der Waals surface area (Å²) in [5, 5.41) is 4.11. The van der Waals surface area contributed by atoms with Crippen LogP contribution in [0.25, 0.3) is 0 Å². The van der Waals surface area contributed by atoms with Crippen molar-refractivity contribution in [3.63, 3.8) is 0 Å². The molecule has 17 heavy (non-hydrogen) atoms. The molecule has 0 saturated carbocycles. The molecule has 0 unspecified atom stereocenters. The Morgan fingerprint density at radius 2 is 2.06 bits per heavy atom. The Hall–Kier alpha value is -1.56. The van der Waals surface area contributed by atoms with Crippen LogP contribution in [0.1, 0.15) is 17.4 Å². The summed E-state index contributed by atoms with van der Waals surface area (Å²) in [5.74, 6) is 0.494. The molecular formula is C11H19N5O. The normalized spacial score (nSPS) is 17.4. The van der Waals surface area contributed by atoms with Crippen molar-refractivity contribution < 1.29 is 4.79 Å². The number of piperazine rings is 1. The van der Waals surface area contributed by atoms with E-state index in [0.717, 1.165) is 32.7 Å². The van der Waals surface area contributed by atoms with E-state index in [4.69, 9.17) is 5.73 Å². The third-order valence-corrected chi connectivity index (χ3v) is 3.24. The van der Waals surface area contributed by atoms with E-state index in [1.165, 1.54) is 4.68 Å². The van der Waals surface area contributed by atoms with Gasteiger partial charge in [-0.25, -0.2) is 0 Å². The van der Waals surface area contributed by atoms with Crippen LogP contribution < -0.4 is 5.73 Å². The molecule has 1 amide bonds. The quantitative estimate of drug-likeness (QED) is 0.772. The Balaban J connectivity index is 2.01. The number of nitrogens with zero attached hydrogens (tertiary/aromatic N) is 4. The third kappa shape index (κ3) is 2.41. The molecule has 6 heteroatoms. The second-order valence-electron chi connectivity index (χ2n) is 4.30. The van der Waals surface area contributed by atoms with Crippen molar-refractivity contribution in [2.45, 2.75) is 6.92 Å². The zero-order valence-corrected chi connectivity index (χ0v) is 10.4. The molecule has 1 saturated heterocycles. The monoisotopic (exact) mass is 237 g/mol. The van der Waals surface area contributed by atoms with E-state index in [2.05, 4.69) is 16.9 Å². The van der Waals surface area contributed by atoms with Gasteiger partial charge in [0.15, 0.2) is 5.69 Å². The molecular weight excluding hydrogens is 218 g/mol. The van der Waals surface area contributed by atoms with E-state index >= 15 is 0 Å². The lowest BCUT2D eigenvalue weighted by atomic mass is 10.3. The first kappa shape index (κ1) is 11.9. The maximum atomic E-state index is 12.1. The number of aryl methyl sites for hydroxylation is 1. The van der Waals surface area contributed by atoms with Crippen LogP contribution in [-0.4, -0.2) is 58.2 Å². The van der Waals surface area contributed by atoms with Crippen molar-refractivity contribution >= 4 is 11.7 Å². The highest BCUT2D eigenvalue weighted by atomic mass is 16.2. The topological polar surface area (TPSA) is 67.4 Å². The molecule has 2 heterocycles. The van der Waals surface area contributed by atoms with Gasteiger partial charge in [0.2, 0.25) is 0 Å². The molecule has 2 rings (SSSR count). The minimum atomic E-state index is -0.0203. The summed E-state index contributed by atoms with van der Waals surface area (Å²) in [5.41, 5.74) is 6.11. The van der Waals surface area contributed by atoms with Crippen LogP contribution in [0, 0.1) is 0 Å². The summed E-state index contributed by atoms with van der Waals surface area (Å²) in [6, 6.07) is 1.63. The number of carbonyl (C=O) groups is 1. The van der Waals surface area contributed by atoms with Gasteiger partial charge in [-0.3, -0.25) is 9.48 Å². The molecule has 1 aliphatic rings. The summed E-state index contributed by atoms with van der Waals surface area (Å²) >= 11 is 0. The Morgan fingerprint density at radius 1 is 1.41 bits per heavy atom. The average molecular weight is 237 g/mol. The maximum Gasteiger partial charge on any atom is 0.274 e. The van der Waals surface area contributed by atoms with Gasteiger partial charge in [-0.2, -0.15) is 5.10 Å². The second kappa shape index (κ2) is 4.75. The van der Waals surface area contributed by atoms with E-state index in [9.17, 15) is 4.79 Å². The van der Waals surface area contributed by atoms with Crippen molar-refractivity contribution in [3.8, 4) is 0 Å². The molecule has 0 radical (unpaired) electrons. The largest absolute Gasteiger partial charge is 0.384 e. The molecule has 1 fully saturated rings. The van der Waals surface area contributed by atoms with Crippen LogP contribution in [0.15, 0.2) is 6.07 Å². The van der Waals surface area contributed by atoms with Crippen LogP contribution in [-0.2, 0) is 7.05 Å². The van der Waals surface area contributed by atoms with Gasteiger partial charge in [0.25, 0.3) is 5.91 Å². The Morgan fingerprint density at radius 3 is 2.53 bits per heavy atom. The number of aromatic nitrogens is 2. The standard InChI is InChI=1S/C11H19N5O/c1-3-15-4-6-16(7-5-15)11(17)9-8-10(12)14(2)13-9/h8H,3-7,12H2,1-2H3. The van der Waals surface area contributed by atoms with Crippen LogP contribution >= 0.6 is 0 Å². The maximum absolute atomic E-state index is 12.1. The van der Waals surface area contributed by atoms with Crippen molar-refractivity contribution in [2.24, 2.45) is 7.05 Å². The minimum absolute atomic E-state index is 0.0203. The van der Waals surface area contributed by atoms with Gasteiger partial charge in [-0.05, 0) is 6.54 Å². The number of hydrogen-bond donors (Lipinski definition) is 1. The van der Waals surface area contributed by atoms with E-state index < -0.39 is 0 Å². The predicted molar refractivity (Wildman–Crippen MR) is 65.6 cm³/mol. The molecule has 1 aliphatic heterocycles. The molecule has 0 atom stereocenters. The fraction of sp³-hybridized carbons (Fsp3) is 0.636. The molecule has 2 N–H and O–H groups in total. The first-order valence-corrected chi connectivity index (χ1v) is 5.93. The fourth-order valence-corrected chi connectivity index (χ4v) is 2.02. The number of anilines is 1. The zero-order valence-electron chi connectivity index (χ0n) is 10.4. The van der Waals surface area contributed by atoms with Crippen LogP contribution in [0.5, 0.6) is 0 Å². The van der Waals surface area contributed by atoms with Crippen molar-refractivity contribution in [3.05, 3.63) is 11.8 Å². The highest BCUT2D eigenvalue weighted by Gasteiger charge is 2.23. The van der Waals surface area contributed by atoms with Gasteiger partial charge in [0, 0.05) is 39.3 Å². The summed E-state index contributed by atoms with van der Waals surface area (Å²) in [4.78, 5) is 16.3. The third-order valence-electron chi connectivity index (χ3n) is 3.24. The van der Waals surface area contributed by atoms with Crippen LogP contribution in [0.2, 0.25) is 0 Å². The van der Waals surface area contributed by atoms with E-state index in [0.29, 0.717) is 11.5 Å². The van der Waals surface area contributed by atoms with E-state index in [1.54, 1.807) is 13.1 Å². The lowest BCUT2D eigenvalue weighted by Crippen LogP contribution is -2.48. The van der Waals surface area contributed by atoms with E-state index in [-0.39, 0.29) is 5.91 Å². The summed E-state index contributed by atoms with van der Waals surface area (Å²) < 4.78 is 1.52. The van der Waals surface area contributed by atoms with Gasteiger partial charge in [-0.15, -0.1) is 0 Å². The average Bonchev–Trinajstić information content (AvgIpc) is 2.69. The van der Waals surface area contributed by atoms with E-state index in [1.807, 2.05) is 4.90 Å². The smallest absolute Gasteiger partial charge is 0.274 e. The number of likely N-dealkylation sites (N-methyl/N-ethyl adjacent to an activating group) is 1. The molecule has 0 spiro atoms. The molecule has 0 aromatic carbocycles. The van der Waals surface area contributed by atoms with Crippen LogP contribution in [0.4, 0.5) is 5.82 Å². The van der Waals surface area contributed by atoms with Crippen molar-refractivity contribution in [1.82, 2.24) is 19.6 Å². The summed E-state index contributed by atoms with van der Waals surface area (Å²) in [7, 11) is 1.74. The Labute approximate surface area is 101 Å². The lowest BCUT2D eigenvalue weighted by molar-refractivity contribution is 0.0637. The molecule has 0 bridgehead atoms. The molecule has 1 aromatic rings. The highest BCUT2D eigenvalue weighted by molar-refractivity contribution is 5.93. The lowest BCUT2D eigenvalue weighted by Gasteiger charge is -2.33. The summed E-state index contributed by atoms with van der Waals surface area (Å²) in [6.45, 7) is 6.58. The molecule has 0 aliphatic carbocycles. The zero-order chi connectivity index (χ0) is 12.4. The SMILES string of the molecule is CCN1CCN(C(=O)c2cc(N)n(C)n2)CC1. The number of carbonyl (C=O) groups excluding carboxylic acids is 1. The summed E-state index contributed by atoms with van der Waals surface area (Å²) in [6.07, 6.45) is 0. The fourth-order valence-electron chi connectivity index (χ4n) is 2.02. The van der Waals surface area contributed by atoms with Crippen molar-refractivity contribution in [1.29, 1.82) is 0 Å². The van der Waals surface area contributed by atoms with Gasteiger partial charge in [-0.1, -0.05) is 6.92 Å². The van der Waals surface area contributed by atoms with Crippen molar-refractivity contribution in [2.75, 3.05) is 38.5 Å². The van der Waals surface area contributed by atoms with Gasteiger partial charge in [0.1, 0.15) is 5.82 Å². The minimum Gasteiger partial charge on any atom is -0.384 e. The number of nitrogen functional groups attached to an aromatic ring is 1. The number of nitrogens with two attached hydrogens (primary N) is 1. The first-order valence-electron chi connectivity index (χ1n) is 5.93. The molecule has 1 aromatic heterocycles. The molecule has 6 nitrogen and oxygen atoms in total. The number of hydrogen-bond acceptors (Lipinski definition) is 4. The highest BCUT2D eigenvalue weighted by Crippen LogP contribution is 2.10. The first-order chi connectivity index (χ1) is 8.11. The molecule has 94 valence electrons. The van der Waals surface area contributed by atoms with Gasteiger partial charge >= 0.3 is 0 Å². The Kier molecular flexibility index (Phi) is 3.33. The predicted octanol–water partition coefficient (Wildman–Crippen LogP) is -0.220. The van der Waals surface area contributed by atoms with Crippen LogP contribution in [0.3, 0.4) is 0 Å².